The molecule has 0 radical (unpaired) electrons. The summed E-state index contributed by atoms with van der Waals surface area (Å²) in [7, 11) is -3.86. The van der Waals surface area contributed by atoms with Gasteiger partial charge in [0.05, 0.1) is 24.7 Å². The molecule has 0 fully saturated rings. The summed E-state index contributed by atoms with van der Waals surface area (Å²) in [4.78, 5) is 0.107. The summed E-state index contributed by atoms with van der Waals surface area (Å²) >= 11 is 0. The molecule has 0 aliphatic rings. The van der Waals surface area contributed by atoms with Gasteiger partial charge in [-0.25, -0.2) is 8.42 Å². The van der Waals surface area contributed by atoms with Crippen LogP contribution in [0.4, 0.5) is 0 Å². The molecule has 0 spiro atoms. The minimum atomic E-state index is -3.86. The average Bonchev–Trinajstić information content (AvgIpc) is 3.23. The van der Waals surface area contributed by atoms with Gasteiger partial charge in [0.2, 0.25) is 21.8 Å². The number of benzene rings is 2. The van der Waals surface area contributed by atoms with E-state index in [1.807, 2.05) is 44.2 Å². The smallest absolute Gasteiger partial charge is 0.247 e. The summed E-state index contributed by atoms with van der Waals surface area (Å²) in [6.07, 6.45) is 0. The highest BCUT2D eigenvalue weighted by molar-refractivity contribution is 7.89. The maximum absolute atomic E-state index is 13.4. The Morgan fingerprint density at radius 3 is 2.29 bits per heavy atom. The van der Waals surface area contributed by atoms with Gasteiger partial charge in [-0.2, -0.15) is 4.31 Å². The quantitative estimate of drug-likeness (QED) is 0.463. The molecule has 3 rings (SSSR count). The molecule has 2 aromatic carbocycles. The molecule has 0 aliphatic heterocycles. The van der Waals surface area contributed by atoms with Crippen LogP contribution in [0.15, 0.2) is 57.8 Å². The molecule has 9 heteroatoms. The highest BCUT2D eigenvalue weighted by Gasteiger charge is 2.30. The molecule has 166 valence electrons. The number of hydrogen-bond donors (Lipinski definition) is 0. The molecule has 3 aromatic rings. The Hall–Kier alpha value is -2.91. The van der Waals surface area contributed by atoms with Gasteiger partial charge in [-0.15, -0.1) is 10.2 Å². The van der Waals surface area contributed by atoms with Crippen molar-refractivity contribution in [3.8, 4) is 23.0 Å². The van der Waals surface area contributed by atoms with Crippen molar-refractivity contribution in [1.82, 2.24) is 14.5 Å². The largest absolute Gasteiger partial charge is 0.490 e. The van der Waals surface area contributed by atoms with Gasteiger partial charge in [-0.3, -0.25) is 0 Å². The Balaban J connectivity index is 1.90. The van der Waals surface area contributed by atoms with Crippen molar-refractivity contribution in [1.29, 1.82) is 0 Å². The zero-order valence-corrected chi connectivity index (χ0v) is 18.9. The highest BCUT2D eigenvalue weighted by atomic mass is 32.2. The van der Waals surface area contributed by atoms with Gasteiger partial charge < -0.3 is 13.9 Å². The first-order valence-electron chi connectivity index (χ1n) is 10.2. The number of ether oxygens (including phenoxy) is 2. The fourth-order valence-corrected chi connectivity index (χ4v) is 4.62. The van der Waals surface area contributed by atoms with Crippen LogP contribution in [0.3, 0.4) is 0 Å². The molecule has 0 amide bonds. The van der Waals surface area contributed by atoms with Crippen molar-refractivity contribution < 1.29 is 22.3 Å². The minimum Gasteiger partial charge on any atom is -0.490 e. The predicted octanol–water partition coefficient (Wildman–Crippen LogP) is 4.13. The lowest BCUT2D eigenvalue weighted by Gasteiger charge is -2.25. The Labute approximate surface area is 182 Å². The second kappa shape index (κ2) is 9.93. The SMILES string of the molecule is CCOc1ccc(S(=O)(=O)N(Cc2nnc(-c3ccccc3)o2)C(C)C)cc1OCC. The van der Waals surface area contributed by atoms with Gasteiger partial charge in [0.1, 0.15) is 0 Å². The third-order valence-electron chi connectivity index (χ3n) is 4.48. The second-order valence-electron chi connectivity index (χ2n) is 6.99. The third kappa shape index (κ3) is 5.23. The van der Waals surface area contributed by atoms with E-state index in [0.29, 0.717) is 30.6 Å². The summed E-state index contributed by atoms with van der Waals surface area (Å²) in [5, 5.41) is 8.09. The molecule has 0 atom stereocenters. The summed E-state index contributed by atoms with van der Waals surface area (Å²) in [6, 6.07) is 13.6. The van der Waals surface area contributed by atoms with Crippen molar-refractivity contribution in [2.75, 3.05) is 13.2 Å². The summed E-state index contributed by atoms with van der Waals surface area (Å²) < 4.78 is 45.0. The lowest BCUT2D eigenvalue weighted by molar-refractivity contribution is 0.286. The first kappa shape index (κ1) is 22.8. The molecule has 1 aromatic heterocycles. The van der Waals surface area contributed by atoms with Crippen molar-refractivity contribution in [2.45, 2.75) is 45.2 Å². The van der Waals surface area contributed by atoms with E-state index in [0.717, 1.165) is 5.56 Å². The fourth-order valence-electron chi connectivity index (χ4n) is 3.02. The van der Waals surface area contributed by atoms with Crippen molar-refractivity contribution in [3.05, 3.63) is 54.4 Å². The summed E-state index contributed by atoms with van der Waals surface area (Å²) in [5.41, 5.74) is 0.771. The lowest BCUT2D eigenvalue weighted by Crippen LogP contribution is -2.36. The second-order valence-corrected chi connectivity index (χ2v) is 8.88. The van der Waals surface area contributed by atoms with Crippen LogP contribution in [0.5, 0.6) is 11.5 Å². The predicted molar refractivity (Wildman–Crippen MR) is 116 cm³/mol. The van der Waals surface area contributed by atoms with Crippen LogP contribution >= 0.6 is 0 Å². The number of aromatic nitrogens is 2. The van der Waals surface area contributed by atoms with Crippen molar-refractivity contribution in [2.24, 2.45) is 0 Å². The first-order valence-corrected chi connectivity index (χ1v) is 11.6. The average molecular weight is 446 g/mol. The van der Waals surface area contributed by atoms with E-state index < -0.39 is 10.0 Å². The van der Waals surface area contributed by atoms with Crippen LogP contribution in [0.1, 0.15) is 33.6 Å². The van der Waals surface area contributed by atoms with E-state index in [1.165, 1.54) is 16.4 Å². The van der Waals surface area contributed by atoms with E-state index in [2.05, 4.69) is 10.2 Å². The fraction of sp³-hybridized carbons (Fsp3) is 0.364. The highest BCUT2D eigenvalue weighted by Crippen LogP contribution is 2.32. The van der Waals surface area contributed by atoms with Crippen molar-refractivity contribution >= 4 is 10.0 Å². The number of sulfonamides is 1. The molecule has 31 heavy (non-hydrogen) atoms. The lowest BCUT2D eigenvalue weighted by atomic mass is 10.2. The maximum atomic E-state index is 13.4. The van der Waals surface area contributed by atoms with Gasteiger partial charge in [0.15, 0.2) is 11.5 Å². The van der Waals surface area contributed by atoms with Crippen LogP contribution in [-0.2, 0) is 16.6 Å². The van der Waals surface area contributed by atoms with Crippen LogP contribution < -0.4 is 9.47 Å². The topological polar surface area (TPSA) is 94.8 Å². The maximum Gasteiger partial charge on any atom is 0.247 e. The third-order valence-corrected chi connectivity index (χ3v) is 6.49. The molecule has 0 saturated heterocycles. The Bertz CT molecular complexity index is 1100. The van der Waals surface area contributed by atoms with Crippen LogP contribution in [0, 0.1) is 0 Å². The molecule has 1 heterocycles. The minimum absolute atomic E-state index is 0.0446. The summed E-state index contributed by atoms with van der Waals surface area (Å²) in [5.74, 6) is 1.45. The standard InChI is InChI=1S/C22H27N3O5S/c1-5-28-19-13-12-18(14-20(19)29-6-2)31(26,27)25(16(3)4)15-21-23-24-22(30-21)17-10-8-7-9-11-17/h7-14,16H,5-6,15H2,1-4H3. The van der Waals surface area contributed by atoms with Gasteiger partial charge in [0.25, 0.3) is 0 Å². The number of hydrogen-bond acceptors (Lipinski definition) is 7. The molecule has 0 saturated carbocycles. The van der Waals surface area contributed by atoms with Gasteiger partial charge in [0, 0.05) is 17.7 Å². The molecular formula is C22H27N3O5S. The first-order chi connectivity index (χ1) is 14.9. The van der Waals surface area contributed by atoms with Crippen LogP contribution in [0.25, 0.3) is 11.5 Å². The van der Waals surface area contributed by atoms with Gasteiger partial charge in [-0.1, -0.05) is 18.2 Å². The molecule has 0 aliphatic carbocycles. The van der Waals surface area contributed by atoms with Crippen LogP contribution in [-0.4, -0.2) is 42.2 Å². The zero-order chi connectivity index (χ0) is 22.4. The summed E-state index contributed by atoms with van der Waals surface area (Å²) in [6.45, 7) is 8.07. The number of rotatable bonds is 10. The Morgan fingerprint density at radius 2 is 1.65 bits per heavy atom. The van der Waals surface area contributed by atoms with Gasteiger partial charge in [-0.05, 0) is 52.0 Å². The molecular weight excluding hydrogens is 418 g/mol. The van der Waals surface area contributed by atoms with Gasteiger partial charge >= 0.3 is 0 Å². The van der Waals surface area contributed by atoms with E-state index in [-0.39, 0.29) is 23.4 Å². The molecule has 8 nitrogen and oxygen atoms in total. The number of nitrogens with zero attached hydrogens (tertiary/aromatic N) is 3. The Morgan fingerprint density at radius 1 is 0.968 bits per heavy atom. The molecule has 0 bridgehead atoms. The van der Waals surface area contributed by atoms with E-state index in [9.17, 15) is 8.42 Å². The van der Waals surface area contributed by atoms with Crippen LogP contribution in [0.2, 0.25) is 0 Å². The van der Waals surface area contributed by atoms with Crippen molar-refractivity contribution in [3.63, 3.8) is 0 Å². The zero-order valence-electron chi connectivity index (χ0n) is 18.1. The monoisotopic (exact) mass is 445 g/mol. The van der Waals surface area contributed by atoms with E-state index in [4.69, 9.17) is 13.9 Å². The normalized spacial score (nSPS) is 11.8. The van der Waals surface area contributed by atoms with E-state index >= 15 is 0 Å². The van der Waals surface area contributed by atoms with E-state index in [1.54, 1.807) is 19.9 Å². The molecule has 0 unspecified atom stereocenters. The Kier molecular flexibility index (Phi) is 7.29. The molecule has 0 N–H and O–H groups in total.